The zero-order valence-corrected chi connectivity index (χ0v) is 10.6. The molecule has 16 heavy (non-hydrogen) atoms. The van der Waals surface area contributed by atoms with E-state index in [9.17, 15) is 13.8 Å². The number of ether oxygens (including phenoxy) is 1. The summed E-state index contributed by atoms with van der Waals surface area (Å²) in [5, 5.41) is 8.43. The van der Waals surface area contributed by atoms with Crippen LogP contribution in [-0.2, 0) is 25.1 Å². The van der Waals surface area contributed by atoms with Gasteiger partial charge in [0.15, 0.2) is 0 Å². The van der Waals surface area contributed by atoms with Crippen LogP contribution in [0, 0.1) is 0 Å². The molecule has 0 rings (SSSR count). The lowest BCUT2D eigenvalue weighted by Gasteiger charge is -2.21. The van der Waals surface area contributed by atoms with E-state index in [0.717, 1.165) is 0 Å². The van der Waals surface area contributed by atoms with Crippen molar-refractivity contribution in [3.8, 4) is 0 Å². The summed E-state index contributed by atoms with van der Waals surface area (Å²) in [6.45, 7) is 5.01. The Morgan fingerprint density at radius 3 is 2.38 bits per heavy atom. The van der Waals surface area contributed by atoms with E-state index in [1.54, 1.807) is 20.8 Å². The van der Waals surface area contributed by atoms with E-state index in [2.05, 4.69) is 0 Å². The van der Waals surface area contributed by atoms with E-state index in [1.807, 2.05) is 0 Å². The SMILES string of the molecule is CCOC(=O)C(C)(C)S(=O)CCCC(=O)O. The highest BCUT2D eigenvalue weighted by Crippen LogP contribution is 2.16. The van der Waals surface area contributed by atoms with Crippen LogP contribution in [0.3, 0.4) is 0 Å². The Morgan fingerprint density at radius 1 is 1.38 bits per heavy atom. The van der Waals surface area contributed by atoms with Gasteiger partial charge < -0.3 is 9.84 Å². The van der Waals surface area contributed by atoms with Crippen molar-refractivity contribution in [3.63, 3.8) is 0 Å². The Morgan fingerprint density at radius 2 is 1.94 bits per heavy atom. The molecule has 0 bridgehead atoms. The third kappa shape index (κ3) is 4.74. The highest BCUT2D eigenvalue weighted by Gasteiger charge is 2.35. The second kappa shape index (κ2) is 6.62. The Bertz CT molecular complexity index is 285. The minimum absolute atomic E-state index is 0.0371. The van der Waals surface area contributed by atoms with Crippen molar-refractivity contribution < 1.29 is 23.6 Å². The molecule has 6 heteroatoms. The molecule has 0 aromatic carbocycles. The number of esters is 1. The molecule has 0 fully saturated rings. The first kappa shape index (κ1) is 15.1. The molecule has 1 N–H and O–H groups in total. The summed E-state index contributed by atoms with van der Waals surface area (Å²) in [5.41, 5.74) is 0. The number of carbonyl (C=O) groups is 2. The summed E-state index contributed by atoms with van der Waals surface area (Å²) < 4.78 is 15.5. The summed E-state index contributed by atoms with van der Waals surface area (Å²) in [4.78, 5) is 21.7. The van der Waals surface area contributed by atoms with Crippen molar-refractivity contribution in [1.29, 1.82) is 0 Å². The zero-order chi connectivity index (χ0) is 12.8. The minimum Gasteiger partial charge on any atom is -0.481 e. The van der Waals surface area contributed by atoms with Crippen molar-refractivity contribution in [2.75, 3.05) is 12.4 Å². The van der Waals surface area contributed by atoms with Crippen molar-refractivity contribution in [3.05, 3.63) is 0 Å². The predicted molar refractivity (Wildman–Crippen MR) is 60.6 cm³/mol. The van der Waals surface area contributed by atoms with Crippen molar-refractivity contribution in [1.82, 2.24) is 0 Å². The maximum Gasteiger partial charge on any atom is 0.324 e. The lowest BCUT2D eigenvalue weighted by molar-refractivity contribution is -0.145. The molecule has 0 heterocycles. The topological polar surface area (TPSA) is 80.7 Å². The lowest BCUT2D eigenvalue weighted by Crippen LogP contribution is -2.39. The van der Waals surface area contributed by atoms with Gasteiger partial charge in [0.2, 0.25) is 0 Å². The van der Waals surface area contributed by atoms with Gasteiger partial charge in [0.05, 0.1) is 6.61 Å². The van der Waals surface area contributed by atoms with E-state index < -0.39 is 27.5 Å². The largest absolute Gasteiger partial charge is 0.481 e. The van der Waals surface area contributed by atoms with E-state index >= 15 is 0 Å². The van der Waals surface area contributed by atoms with Crippen molar-refractivity contribution in [2.24, 2.45) is 0 Å². The van der Waals surface area contributed by atoms with Crippen LogP contribution in [0.25, 0.3) is 0 Å². The molecule has 0 aromatic heterocycles. The molecule has 0 aromatic rings. The van der Waals surface area contributed by atoms with Crippen LogP contribution in [0.1, 0.15) is 33.6 Å². The molecule has 0 radical (unpaired) electrons. The first-order chi connectivity index (χ1) is 7.32. The molecule has 0 aliphatic heterocycles. The summed E-state index contributed by atoms with van der Waals surface area (Å²) in [5.74, 6) is -1.24. The molecule has 0 aliphatic carbocycles. The van der Waals surface area contributed by atoms with Crippen LogP contribution < -0.4 is 0 Å². The number of hydrogen-bond donors (Lipinski definition) is 1. The Labute approximate surface area is 97.6 Å². The molecule has 1 atom stereocenters. The summed E-state index contributed by atoms with van der Waals surface area (Å²) in [6, 6.07) is 0. The van der Waals surface area contributed by atoms with Gasteiger partial charge in [-0.2, -0.15) is 0 Å². The van der Waals surface area contributed by atoms with E-state index in [-0.39, 0.29) is 18.8 Å². The molecule has 0 spiro atoms. The minimum atomic E-state index is -1.42. The fourth-order valence-corrected chi connectivity index (χ4v) is 2.17. The highest BCUT2D eigenvalue weighted by atomic mass is 32.2. The monoisotopic (exact) mass is 250 g/mol. The molecule has 5 nitrogen and oxygen atoms in total. The van der Waals surface area contributed by atoms with E-state index in [1.165, 1.54) is 0 Å². The number of hydrogen-bond acceptors (Lipinski definition) is 4. The zero-order valence-electron chi connectivity index (χ0n) is 9.82. The van der Waals surface area contributed by atoms with Crippen LogP contribution in [0.5, 0.6) is 0 Å². The van der Waals surface area contributed by atoms with Gasteiger partial charge in [-0.3, -0.25) is 13.8 Å². The molecule has 1 unspecified atom stereocenters. The molecule has 0 saturated heterocycles. The van der Waals surface area contributed by atoms with Crippen LogP contribution >= 0.6 is 0 Å². The van der Waals surface area contributed by atoms with Crippen LogP contribution in [-0.4, -0.2) is 38.4 Å². The van der Waals surface area contributed by atoms with Gasteiger partial charge in [0.1, 0.15) is 4.75 Å². The van der Waals surface area contributed by atoms with Crippen molar-refractivity contribution >= 4 is 22.7 Å². The van der Waals surface area contributed by atoms with Crippen LogP contribution in [0.15, 0.2) is 0 Å². The number of carbonyl (C=O) groups excluding carboxylic acids is 1. The average Bonchev–Trinajstić information content (AvgIpc) is 2.17. The summed E-state index contributed by atoms with van der Waals surface area (Å²) in [7, 11) is -1.42. The average molecular weight is 250 g/mol. The maximum absolute atomic E-state index is 11.8. The molecular formula is C10H18O5S. The fraction of sp³-hybridized carbons (Fsp3) is 0.800. The lowest BCUT2D eigenvalue weighted by atomic mass is 10.2. The summed E-state index contributed by atoms with van der Waals surface area (Å²) in [6.07, 6.45) is 0.259. The molecule has 0 aliphatic rings. The molecular weight excluding hydrogens is 232 g/mol. The normalized spacial score (nSPS) is 13.2. The Balaban J connectivity index is 4.24. The van der Waals surface area contributed by atoms with Gasteiger partial charge in [-0.1, -0.05) is 0 Å². The van der Waals surface area contributed by atoms with Crippen LogP contribution in [0.2, 0.25) is 0 Å². The smallest absolute Gasteiger partial charge is 0.324 e. The Hall–Kier alpha value is -0.910. The van der Waals surface area contributed by atoms with Gasteiger partial charge in [0, 0.05) is 23.0 Å². The second-order valence-corrected chi connectivity index (χ2v) is 5.90. The first-order valence-electron chi connectivity index (χ1n) is 5.09. The number of aliphatic carboxylic acids is 1. The van der Waals surface area contributed by atoms with Gasteiger partial charge in [-0.25, -0.2) is 0 Å². The number of carboxylic acid groups (broad SMARTS) is 1. The molecule has 94 valence electrons. The fourth-order valence-electron chi connectivity index (χ4n) is 1.01. The first-order valence-corrected chi connectivity index (χ1v) is 6.41. The number of rotatable bonds is 7. The summed E-state index contributed by atoms with van der Waals surface area (Å²) >= 11 is 0. The molecule has 0 saturated carbocycles. The van der Waals surface area contributed by atoms with Gasteiger partial charge in [0.25, 0.3) is 0 Å². The standard InChI is InChI=1S/C10H18O5S/c1-4-15-9(13)10(2,3)16(14)7-5-6-8(11)12/h4-7H2,1-3H3,(H,11,12). The Kier molecular flexibility index (Phi) is 6.25. The third-order valence-electron chi connectivity index (χ3n) is 2.06. The van der Waals surface area contributed by atoms with Crippen LogP contribution in [0.4, 0.5) is 0 Å². The highest BCUT2D eigenvalue weighted by molar-refractivity contribution is 7.87. The quantitative estimate of drug-likeness (QED) is 0.680. The van der Waals surface area contributed by atoms with Gasteiger partial charge >= 0.3 is 11.9 Å². The predicted octanol–water partition coefficient (Wildman–Crippen LogP) is 0.942. The number of carboxylic acids is 1. The maximum atomic E-state index is 11.8. The van der Waals surface area contributed by atoms with Gasteiger partial charge in [-0.15, -0.1) is 0 Å². The third-order valence-corrected chi connectivity index (χ3v) is 4.02. The van der Waals surface area contributed by atoms with E-state index in [0.29, 0.717) is 6.42 Å². The van der Waals surface area contributed by atoms with Gasteiger partial charge in [-0.05, 0) is 27.2 Å². The van der Waals surface area contributed by atoms with Crippen molar-refractivity contribution in [2.45, 2.75) is 38.4 Å². The van der Waals surface area contributed by atoms with E-state index in [4.69, 9.17) is 9.84 Å². The second-order valence-electron chi connectivity index (χ2n) is 3.78. The molecule has 0 amide bonds.